The maximum Gasteiger partial charge on any atom is 0.336 e. The van der Waals surface area contributed by atoms with Gasteiger partial charge in [-0.25, -0.2) is 13.2 Å². The van der Waals surface area contributed by atoms with Gasteiger partial charge in [0.15, 0.2) is 9.84 Å². The van der Waals surface area contributed by atoms with E-state index in [4.69, 9.17) is 11.6 Å². The molecule has 4 rings (SSSR count). The summed E-state index contributed by atoms with van der Waals surface area (Å²) in [6.07, 6.45) is 3.68. The number of aromatic carboxylic acids is 1. The monoisotopic (exact) mass is 453 g/mol. The summed E-state index contributed by atoms with van der Waals surface area (Å²) in [5.41, 5.74) is 3.98. The van der Waals surface area contributed by atoms with Gasteiger partial charge >= 0.3 is 5.97 Å². The molecule has 1 heterocycles. The summed E-state index contributed by atoms with van der Waals surface area (Å²) in [4.78, 5) is 11.8. The van der Waals surface area contributed by atoms with E-state index in [1.54, 1.807) is 24.3 Å². The van der Waals surface area contributed by atoms with Crippen molar-refractivity contribution < 1.29 is 18.3 Å². The van der Waals surface area contributed by atoms with E-state index in [-0.39, 0.29) is 5.56 Å². The van der Waals surface area contributed by atoms with E-state index in [9.17, 15) is 18.3 Å². The Balaban J connectivity index is 1.58. The molecule has 31 heavy (non-hydrogen) atoms. The molecule has 0 bridgehead atoms. The third kappa shape index (κ3) is 4.65. The van der Waals surface area contributed by atoms with Crippen molar-refractivity contribution in [1.82, 2.24) is 4.57 Å². The van der Waals surface area contributed by atoms with Crippen LogP contribution in [0.1, 0.15) is 27.0 Å². The lowest BCUT2D eigenvalue weighted by molar-refractivity contribution is 0.0696. The number of fused-ring (bicyclic) bond motifs is 1. The fraction of sp³-hybridized carbons (Fsp3) is 0.125. The van der Waals surface area contributed by atoms with E-state index >= 15 is 0 Å². The second-order valence-corrected chi connectivity index (χ2v) is 9.99. The van der Waals surface area contributed by atoms with Crippen LogP contribution in [0, 0.1) is 0 Å². The molecular weight excluding hydrogens is 434 g/mol. The van der Waals surface area contributed by atoms with Crippen molar-refractivity contribution in [3.63, 3.8) is 0 Å². The molecule has 4 aromatic rings. The van der Waals surface area contributed by atoms with Crippen molar-refractivity contribution in [2.45, 2.75) is 17.9 Å². The molecule has 0 atom stereocenters. The molecule has 7 heteroatoms. The van der Waals surface area contributed by atoms with Crippen molar-refractivity contribution in [1.29, 1.82) is 0 Å². The lowest BCUT2D eigenvalue weighted by atomic mass is 9.99. The van der Waals surface area contributed by atoms with E-state index in [2.05, 4.69) is 10.6 Å². The molecule has 0 fully saturated rings. The zero-order valence-corrected chi connectivity index (χ0v) is 18.3. The number of hydrogen-bond donors (Lipinski definition) is 1. The smallest absolute Gasteiger partial charge is 0.336 e. The summed E-state index contributed by atoms with van der Waals surface area (Å²) in [5, 5.41) is 10.9. The Hall–Kier alpha value is -3.09. The molecule has 3 aromatic carbocycles. The topological polar surface area (TPSA) is 76.4 Å². The summed E-state index contributed by atoms with van der Waals surface area (Å²) >= 11 is 5.95. The highest BCUT2D eigenvalue weighted by Gasteiger charge is 2.12. The fourth-order valence-corrected chi connectivity index (χ4v) is 4.46. The maximum atomic E-state index is 11.6. The third-order valence-electron chi connectivity index (χ3n) is 5.24. The lowest BCUT2D eigenvalue weighted by Gasteiger charge is -2.09. The third-order valence-corrected chi connectivity index (χ3v) is 6.60. The van der Waals surface area contributed by atoms with Crippen LogP contribution in [-0.4, -0.2) is 30.3 Å². The van der Waals surface area contributed by atoms with Crippen LogP contribution < -0.4 is 0 Å². The van der Waals surface area contributed by atoms with Crippen molar-refractivity contribution in [2.75, 3.05) is 6.26 Å². The number of sulfone groups is 1. The van der Waals surface area contributed by atoms with Crippen LogP contribution in [0.4, 0.5) is 0 Å². The molecule has 0 aliphatic carbocycles. The van der Waals surface area contributed by atoms with Crippen LogP contribution in [0.25, 0.3) is 10.9 Å². The lowest BCUT2D eigenvalue weighted by Crippen LogP contribution is -2.03. The van der Waals surface area contributed by atoms with Gasteiger partial charge in [-0.3, -0.25) is 0 Å². The van der Waals surface area contributed by atoms with Crippen LogP contribution in [0.2, 0.25) is 5.02 Å². The summed E-state index contributed by atoms with van der Waals surface area (Å²) in [7, 11) is -3.21. The second kappa shape index (κ2) is 8.21. The van der Waals surface area contributed by atoms with Crippen molar-refractivity contribution >= 4 is 38.3 Å². The van der Waals surface area contributed by atoms with Crippen LogP contribution in [0.3, 0.4) is 0 Å². The highest BCUT2D eigenvalue weighted by Crippen LogP contribution is 2.24. The van der Waals surface area contributed by atoms with Crippen LogP contribution >= 0.6 is 11.6 Å². The first-order valence-electron chi connectivity index (χ1n) is 9.59. The number of halogens is 1. The zero-order chi connectivity index (χ0) is 22.2. The minimum atomic E-state index is -3.21. The number of nitrogens with zero attached hydrogens (tertiary/aromatic N) is 1. The maximum absolute atomic E-state index is 11.6. The normalized spacial score (nSPS) is 11.7. The van der Waals surface area contributed by atoms with E-state index in [1.807, 2.05) is 36.5 Å². The summed E-state index contributed by atoms with van der Waals surface area (Å²) in [6.45, 7) is 0.618. The molecule has 0 saturated heterocycles. The van der Waals surface area contributed by atoms with Gasteiger partial charge < -0.3 is 9.67 Å². The van der Waals surface area contributed by atoms with Crippen LogP contribution in [-0.2, 0) is 22.8 Å². The zero-order valence-electron chi connectivity index (χ0n) is 16.7. The van der Waals surface area contributed by atoms with Crippen molar-refractivity contribution in [3.05, 3.63) is 100 Å². The number of hydrogen-bond acceptors (Lipinski definition) is 3. The van der Waals surface area contributed by atoms with Gasteiger partial charge in [-0.05, 0) is 71.0 Å². The van der Waals surface area contributed by atoms with Crippen LogP contribution in [0.15, 0.2) is 77.8 Å². The first kappa shape index (κ1) is 21.2. The molecule has 0 aliphatic heterocycles. The van der Waals surface area contributed by atoms with Gasteiger partial charge in [0, 0.05) is 29.5 Å². The van der Waals surface area contributed by atoms with Gasteiger partial charge in [-0.2, -0.15) is 0 Å². The number of carboxylic acids is 1. The molecule has 0 saturated carbocycles. The van der Waals surface area contributed by atoms with E-state index < -0.39 is 15.8 Å². The van der Waals surface area contributed by atoms with Gasteiger partial charge in [0.05, 0.1) is 10.5 Å². The molecular formula is C24H20ClNO4S. The minimum Gasteiger partial charge on any atom is -0.478 e. The summed E-state index contributed by atoms with van der Waals surface area (Å²) < 4.78 is 25.4. The largest absolute Gasteiger partial charge is 0.478 e. The SMILES string of the molecule is CS(=O)(=O)c1ccc(Cn2ccc3cc(Cc4ccc(Cl)cc4C(=O)O)ccc32)cc1. The van der Waals surface area contributed by atoms with E-state index in [0.29, 0.717) is 28.4 Å². The predicted molar refractivity (Wildman–Crippen MR) is 122 cm³/mol. The Bertz CT molecular complexity index is 1390. The van der Waals surface area contributed by atoms with E-state index in [0.717, 1.165) is 22.0 Å². The van der Waals surface area contributed by atoms with Gasteiger partial charge in [-0.15, -0.1) is 0 Å². The van der Waals surface area contributed by atoms with Gasteiger partial charge in [0.1, 0.15) is 0 Å². The number of carboxylic acid groups (broad SMARTS) is 1. The Morgan fingerprint density at radius 2 is 1.68 bits per heavy atom. The minimum absolute atomic E-state index is 0.211. The van der Waals surface area contributed by atoms with Crippen molar-refractivity contribution in [2.24, 2.45) is 0 Å². The first-order chi connectivity index (χ1) is 14.7. The standard InChI is InChI=1S/C24H20ClNO4S/c1-31(29,30)21-7-2-16(3-8-21)15-26-11-10-19-13-17(4-9-23(19)26)12-18-5-6-20(25)14-22(18)24(27)28/h2-11,13-14H,12,15H2,1H3,(H,27,28). The Morgan fingerprint density at radius 1 is 0.968 bits per heavy atom. The second-order valence-electron chi connectivity index (χ2n) is 7.54. The highest BCUT2D eigenvalue weighted by molar-refractivity contribution is 7.90. The molecule has 1 aromatic heterocycles. The van der Waals surface area contributed by atoms with E-state index in [1.165, 1.54) is 12.3 Å². The Kier molecular flexibility index (Phi) is 5.60. The molecule has 158 valence electrons. The molecule has 5 nitrogen and oxygen atoms in total. The highest BCUT2D eigenvalue weighted by atomic mass is 35.5. The van der Waals surface area contributed by atoms with Gasteiger partial charge in [-0.1, -0.05) is 35.9 Å². The fourth-order valence-electron chi connectivity index (χ4n) is 3.66. The number of aromatic nitrogens is 1. The number of rotatable bonds is 6. The average molecular weight is 454 g/mol. The van der Waals surface area contributed by atoms with Crippen molar-refractivity contribution in [3.8, 4) is 0 Å². The molecule has 1 N–H and O–H groups in total. The molecule has 0 spiro atoms. The molecule has 0 amide bonds. The van der Waals surface area contributed by atoms with Gasteiger partial charge in [0.25, 0.3) is 0 Å². The molecule has 0 radical (unpaired) electrons. The molecule has 0 unspecified atom stereocenters. The number of carbonyl (C=O) groups is 1. The van der Waals surface area contributed by atoms with Crippen LogP contribution in [0.5, 0.6) is 0 Å². The average Bonchev–Trinajstić information content (AvgIpc) is 3.11. The Morgan fingerprint density at radius 3 is 2.35 bits per heavy atom. The predicted octanol–water partition coefficient (Wildman–Crippen LogP) is 5.04. The first-order valence-corrected chi connectivity index (χ1v) is 11.9. The summed E-state index contributed by atoms with van der Waals surface area (Å²) in [6, 6.07) is 19.9. The quantitative estimate of drug-likeness (QED) is 0.444. The Labute approximate surface area is 185 Å². The summed E-state index contributed by atoms with van der Waals surface area (Å²) in [5.74, 6) is -0.994. The molecule has 0 aliphatic rings. The number of benzene rings is 3. The van der Waals surface area contributed by atoms with Gasteiger partial charge in [0.2, 0.25) is 0 Å².